The summed E-state index contributed by atoms with van der Waals surface area (Å²) in [4.78, 5) is 80.5. The van der Waals surface area contributed by atoms with Crippen LogP contribution in [0.2, 0.25) is 10.0 Å². The fourth-order valence-electron chi connectivity index (χ4n) is 12.3. The largest absolute Gasteiger partial charge is 0.493 e. The predicted molar refractivity (Wildman–Crippen MR) is 311 cm³/mol. The Hall–Kier alpha value is -3.93. The quantitative estimate of drug-likeness (QED) is 0.0692. The van der Waals surface area contributed by atoms with Gasteiger partial charge in [-0.25, -0.2) is 9.59 Å². The number of halogens is 3. The number of esters is 1. The molecule has 464 valence electrons. The van der Waals surface area contributed by atoms with E-state index in [9.17, 15) is 24.6 Å². The first-order valence-corrected chi connectivity index (χ1v) is 30.1. The minimum absolute atomic E-state index is 0.00802. The molecule has 83 heavy (non-hydrogen) atoms. The molecule has 0 radical (unpaired) electrons. The molecule has 26 heteroatoms. The van der Waals surface area contributed by atoms with Crippen molar-refractivity contribution in [1.82, 2.24) is 19.7 Å². The van der Waals surface area contributed by atoms with Gasteiger partial charge in [0.15, 0.2) is 33.8 Å². The number of nitrogens with one attached hydrogen (secondary N) is 1. The van der Waals surface area contributed by atoms with Crippen LogP contribution in [0.15, 0.2) is 30.6 Å². The maximum absolute atomic E-state index is 15.3. The van der Waals surface area contributed by atoms with Gasteiger partial charge < -0.3 is 82.3 Å². The molecule has 0 aliphatic carbocycles. The molecular weight excluding hydrogens is 1240 g/mol. The van der Waals surface area contributed by atoms with Gasteiger partial charge in [-0.3, -0.25) is 19.4 Å². The first-order valence-electron chi connectivity index (χ1n) is 28.1. The number of ether oxygens (including phenoxy) is 11. The number of likely N-dealkylation sites (N-methyl/N-ethyl adjacent to an activating group) is 1. The van der Waals surface area contributed by atoms with Crippen molar-refractivity contribution in [3.8, 4) is 11.5 Å². The van der Waals surface area contributed by atoms with Crippen LogP contribution < -0.4 is 14.8 Å². The fourth-order valence-corrected chi connectivity index (χ4v) is 13.5. The van der Waals surface area contributed by atoms with Crippen LogP contribution in [0.3, 0.4) is 0 Å². The highest BCUT2D eigenvalue weighted by Gasteiger charge is 2.61. The number of methoxy groups -OCH3 is 3. The number of carbonyl (C=O) groups excluding carboxylic acids is 5. The second-order valence-electron chi connectivity index (χ2n) is 23.1. The average Bonchev–Trinajstić information content (AvgIpc) is 3.86. The number of Topliss-reactive ketones (excluding diaryl/α,β-unsaturated/α-hetero) is 1. The van der Waals surface area contributed by atoms with Crippen molar-refractivity contribution in [2.45, 2.75) is 170 Å². The lowest BCUT2D eigenvalue weighted by Gasteiger charge is -2.50. The number of cyclic esters (lactones) is 1. The summed E-state index contributed by atoms with van der Waals surface area (Å²) in [5.74, 6) is -4.75. The van der Waals surface area contributed by atoms with Crippen molar-refractivity contribution in [3.63, 3.8) is 0 Å². The number of amides is 4. The number of aromatic nitrogens is 1. The zero-order valence-corrected chi connectivity index (χ0v) is 53.1. The third-order valence-electron chi connectivity index (χ3n) is 17.3. The number of aliphatic hydroxyl groups excluding tert-OH is 2. The molecule has 5 saturated heterocycles. The zero-order chi connectivity index (χ0) is 61.0. The van der Waals surface area contributed by atoms with Crippen molar-refractivity contribution in [3.05, 3.63) is 46.2 Å². The van der Waals surface area contributed by atoms with Crippen LogP contribution in [0.1, 0.15) is 98.4 Å². The number of benzene rings is 1. The molecule has 0 saturated carbocycles. The Labute approximate surface area is 509 Å². The summed E-state index contributed by atoms with van der Waals surface area (Å²) in [6.45, 7) is 17.2. The van der Waals surface area contributed by atoms with Gasteiger partial charge in [0.05, 0.1) is 96.3 Å². The van der Waals surface area contributed by atoms with Crippen molar-refractivity contribution in [2.75, 3.05) is 73.1 Å². The minimum Gasteiger partial charge on any atom is -0.493 e. The lowest BCUT2D eigenvalue weighted by molar-refractivity contribution is -0.318. The number of morpholine rings is 1. The van der Waals surface area contributed by atoms with Gasteiger partial charge in [-0.2, -0.15) is 0 Å². The van der Waals surface area contributed by atoms with E-state index in [0.717, 1.165) is 0 Å². The van der Waals surface area contributed by atoms with Crippen LogP contribution in [0.25, 0.3) is 0 Å². The predicted octanol–water partition coefficient (Wildman–Crippen LogP) is 7.14. The van der Waals surface area contributed by atoms with E-state index in [-0.39, 0.29) is 77.7 Å². The highest BCUT2D eigenvalue weighted by atomic mass is 127. The SMILES string of the molecule is COc1ccc(C(=O)Nc2c(Cl)cncc2Cl)cc1OCCCN1C(=O)O[C@]2(C)[C@@H](I)OC(=O)[C@H](C)[C@@H](O[C@H]3C[C@@](C)(OC)[C@@H](O)[C@H](C)O3)[C@H](C)[C@@H](O[C@@H]3O[C@H](C)C[C@H](N(C)C(=O)N4CCOCC4)[C@H]3O)[C@](C)(OC)C[C@@H](C)C(=O)[C@H](C)[C@@H]12. The average molecular weight is 1320 g/mol. The van der Waals surface area contributed by atoms with Gasteiger partial charge in [0.25, 0.3) is 5.91 Å². The minimum atomic E-state index is -1.60. The van der Waals surface area contributed by atoms with Gasteiger partial charge in [-0.05, 0) is 102 Å². The number of nitrogens with zero attached hydrogens (tertiary/aromatic N) is 4. The number of pyridine rings is 1. The van der Waals surface area contributed by atoms with Crippen LogP contribution in [0.4, 0.5) is 15.3 Å². The molecule has 0 unspecified atom stereocenters. The zero-order valence-electron chi connectivity index (χ0n) is 49.5. The van der Waals surface area contributed by atoms with E-state index in [2.05, 4.69) is 10.3 Å². The molecule has 0 spiro atoms. The number of alkyl halides is 1. The molecule has 0 bridgehead atoms. The van der Waals surface area contributed by atoms with E-state index in [1.165, 1.54) is 49.6 Å². The number of hydrogen-bond donors (Lipinski definition) is 3. The van der Waals surface area contributed by atoms with E-state index in [1.807, 2.05) is 29.5 Å². The molecule has 23 nitrogen and oxygen atoms in total. The molecule has 18 atom stereocenters. The van der Waals surface area contributed by atoms with Gasteiger partial charge in [-0.15, -0.1) is 0 Å². The normalized spacial score (nSPS) is 36.5. The third-order valence-corrected chi connectivity index (χ3v) is 19.3. The number of aliphatic hydroxyl groups is 2. The van der Waals surface area contributed by atoms with Crippen LogP contribution in [-0.4, -0.2) is 210 Å². The highest BCUT2D eigenvalue weighted by molar-refractivity contribution is 14.1. The van der Waals surface area contributed by atoms with E-state index >= 15 is 9.59 Å². The van der Waals surface area contributed by atoms with Gasteiger partial charge in [0, 0.05) is 83.0 Å². The van der Waals surface area contributed by atoms with Gasteiger partial charge in [0.2, 0.25) is 0 Å². The monoisotopic (exact) mass is 1320 g/mol. The van der Waals surface area contributed by atoms with Crippen LogP contribution in [-0.2, 0) is 52.2 Å². The lowest BCUT2D eigenvalue weighted by Crippen LogP contribution is -2.62. The summed E-state index contributed by atoms with van der Waals surface area (Å²) in [7, 11) is 6.05. The molecule has 2 aromatic rings. The summed E-state index contributed by atoms with van der Waals surface area (Å²) in [5, 5.41) is 26.5. The van der Waals surface area contributed by atoms with Crippen molar-refractivity contribution in [1.29, 1.82) is 0 Å². The molecule has 3 N–H and O–H groups in total. The Morgan fingerprint density at radius 3 is 2.20 bits per heavy atom. The molecule has 1 aromatic heterocycles. The van der Waals surface area contributed by atoms with Crippen molar-refractivity contribution >= 4 is 81.3 Å². The summed E-state index contributed by atoms with van der Waals surface area (Å²) >= 11 is 14.5. The fraction of sp³-hybridized carbons (Fsp3) is 0.719. The molecule has 1 aromatic carbocycles. The summed E-state index contributed by atoms with van der Waals surface area (Å²) in [6.07, 6.45) is -5.92. The molecular formula is C57H82Cl2IN5O18. The highest BCUT2D eigenvalue weighted by Crippen LogP contribution is 2.46. The van der Waals surface area contributed by atoms with Crippen molar-refractivity contribution in [2.24, 2.45) is 23.7 Å². The Morgan fingerprint density at radius 2 is 1.57 bits per heavy atom. The maximum Gasteiger partial charge on any atom is 0.410 e. The Kier molecular flexibility index (Phi) is 22.3. The second kappa shape index (κ2) is 27.8. The number of hydrogen-bond acceptors (Lipinski definition) is 19. The number of carbonyl (C=O) groups is 5. The lowest BCUT2D eigenvalue weighted by atomic mass is 9.74. The Balaban J connectivity index is 1.20. The topological polar surface area (TPSA) is 262 Å². The third kappa shape index (κ3) is 14.4. The number of rotatable bonds is 15. The van der Waals surface area contributed by atoms with Crippen molar-refractivity contribution < 1.29 is 86.3 Å². The maximum atomic E-state index is 15.3. The molecule has 5 aliphatic heterocycles. The summed E-state index contributed by atoms with van der Waals surface area (Å²) in [5.41, 5.74) is -3.77. The van der Waals surface area contributed by atoms with Gasteiger partial charge >= 0.3 is 18.1 Å². The van der Waals surface area contributed by atoms with Crippen LogP contribution in [0.5, 0.6) is 11.5 Å². The van der Waals surface area contributed by atoms with Crippen LogP contribution >= 0.6 is 45.8 Å². The number of urea groups is 1. The molecule has 6 heterocycles. The molecule has 5 aliphatic rings. The Morgan fingerprint density at radius 1 is 0.904 bits per heavy atom. The molecule has 5 fully saturated rings. The van der Waals surface area contributed by atoms with E-state index in [0.29, 0.717) is 32.1 Å². The molecule has 7 rings (SSSR count). The van der Waals surface area contributed by atoms with E-state index in [4.69, 9.17) is 75.3 Å². The molecule has 4 amide bonds. The smallest absolute Gasteiger partial charge is 0.410 e. The summed E-state index contributed by atoms with van der Waals surface area (Å²) < 4.78 is 67.7. The standard InChI is InChI=1S/C57H82Cl2IN5O18/c1-29-25-56(8,75-13)48(81-51-44(67)38(23-30(2)78-51)63(10)53(71)64-18-21-76-22-19-64)32(4)45(80-41-26-55(7,74-12)47(68)34(6)79-41)33(5)50(70)82-52(60)57(9)46(31(3)43(29)66)65(54(72)83-57)17-14-20-77-40-24-35(15-16-39(40)73-11)49(69)62-42-36(58)27-61-28-37(42)59/h15-16,24,27-34,38,41,44-48,51-52,67-68H,14,17-23,25-26H2,1-13H3,(H,61,62,69)/t29-,30-,31+,32+,33-,34+,38+,41+,44-,45+,46-,47+,48-,51+,52+,55-,56-,57+/m1/s1. The van der Waals surface area contributed by atoms with E-state index < -0.39 is 124 Å². The summed E-state index contributed by atoms with van der Waals surface area (Å²) in [6, 6.07) is 2.56. The first kappa shape index (κ1) is 66.6. The van der Waals surface area contributed by atoms with Gasteiger partial charge in [0.1, 0.15) is 18.0 Å². The first-order chi connectivity index (χ1) is 39.1. The number of ketones is 1. The number of anilines is 1. The van der Waals surface area contributed by atoms with Crippen LogP contribution in [0, 0.1) is 23.7 Å². The van der Waals surface area contributed by atoms with Gasteiger partial charge in [-0.1, -0.05) is 44.0 Å². The number of fused-ring (bicyclic) bond motifs is 1. The second-order valence-corrected chi connectivity index (χ2v) is 25.0. The van der Waals surface area contributed by atoms with E-state index in [1.54, 1.807) is 79.5 Å². The Bertz CT molecular complexity index is 2610.